The Balaban J connectivity index is 1.71. The molecule has 1 aliphatic heterocycles. The van der Waals surface area contributed by atoms with Gasteiger partial charge in [-0.05, 0) is 55.9 Å². The summed E-state index contributed by atoms with van der Waals surface area (Å²) in [5.74, 6) is 0.286. The smallest absolute Gasteiger partial charge is 0.338 e. The first-order chi connectivity index (χ1) is 15.3. The van der Waals surface area contributed by atoms with Crippen LogP contribution in [-0.2, 0) is 16.0 Å². The molecule has 0 spiro atoms. The molecule has 170 valence electrons. The molecule has 3 rings (SSSR count). The summed E-state index contributed by atoms with van der Waals surface area (Å²) < 4.78 is 11.3. The average molecular weight is 437 g/mol. The Hall–Kier alpha value is -3.28. The molecule has 2 amide bonds. The average Bonchev–Trinajstić information content (AvgIpc) is 2.76. The second kappa shape index (κ2) is 10.8. The van der Waals surface area contributed by atoms with Gasteiger partial charge in [0.05, 0.1) is 24.3 Å². The summed E-state index contributed by atoms with van der Waals surface area (Å²) in [6, 6.07) is 16.9. The van der Waals surface area contributed by atoms with Crippen LogP contribution in [0, 0.1) is 5.92 Å². The maximum Gasteiger partial charge on any atom is 0.338 e. The van der Waals surface area contributed by atoms with Crippen LogP contribution >= 0.6 is 0 Å². The molecule has 0 bridgehead atoms. The van der Waals surface area contributed by atoms with E-state index >= 15 is 0 Å². The van der Waals surface area contributed by atoms with Gasteiger partial charge in [-0.15, -0.1) is 0 Å². The Kier molecular flexibility index (Phi) is 7.92. The van der Waals surface area contributed by atoms with E-state index in [0.717, 1.165) is 24.2 Å². The fraction of sp³-hybridized carbons (Fsp3) is 0.385. The summed E-state index contributed by atoms with van der Waals surface area (Å²) in [7, 11) is 0. The molecule has 1 aliphatic rings. The first-order valence-electron chi connectivity index (χ1n) is 11.1. The second-order valence-electron chi connectivity index (χ2n) is 8.47. The molecule has 2 aromatic carbocycles. The third kappa shape index (κ3) is 6.13. The van der Waals surface area contributed by atoms with Crippen molar-refractivity contribution in [3.63, 3.8) is 0 Å². The van der Waals surface area contributed by atoms with Crippen LogP contribution in [0.25, 0.3) is 0 Å². The number of carbonyl (C=O) groups excluding carboxylic acids is 2. The number of hydrogen-bond acceptors (Lipinski definition) is 4. The van der Waals surface area contributed by atoms with Crippen molar-refractivity contribution >= 4 is 12.0 Å². The van der Waals surface area contributed by atoms with Crippen LogP contribution in [0.1, 0.15) is 51.3 Å². The number of esters is 1. The standard InChI is InChI=1S/C26H32N2O4/c1-17(2)23-22(25(29)32-18(3)4)24(28-26(30)27-23)20-12-14-21(15-13-20)31-16-8-11-19-9-6-5-7-10-19/h5-7,9-10,12-15,17-18,24H,8,11,16H2,1-4H3,(H2,27,28,30). The number of hydrogen-bond donors (Lipinski definition) is 2. The number of carbonyl (C=O) groups is 2. The van der Waals surface area contributed by atoms with E-state index in [0.29, 0.717) is 17.9 Å². The zero-order valence-corrected chi connectivity index (χ0v) is 19.2. The third-order valence-electron chi connectivity index (χ3n) is 5.18. The highest BCUT2D eigenvalue weighted by Gasteiger charge is 2.35. The number of urea groups is 1. The number of rotatable bonds is 9. The van der Waals surface area contributed by atoms with Crippen LogP contribution in [0.3, 0.4) is 0 Å². The largest absolute Gasteiger partial charge is 0.494 e. The summed E-state index contributed by atoms with van der Waals surface area (Å²) in [5.41, 5.74) is 3.11. The molecule has 0 saturated heterocycles. The Morgan fingerprint density at radius 1 is 1.00 bits per heavy atom. The molecular weight excluding hydrogens is 404 g/mol. The fourth-order valence-corrected chi connectivity index (χ4v) is 3.66. The van der Waals surface area contributed by atoms with E-state index in [1.165, 1.54) is 5.56 Å². The summed E-state index contributed by atoms with van der Waals surface area (Å²) >= 11 is 0. The van der Waals surface area contributed by atoms with Gasteiger partial charge in [-0.2, -0.15) is 0 Å². The van der Waals surface area contributed by atoms with Crippen LogP contribution in [0.2, 0.25) is 0 Å². The highest BCUT2D eigenvalue weighted by molar-refractivity contribution is 5.95. The predicted molar refractivity (Wildman–Crippen MR) is 124 cm³/mol. The minimum Gasteiger partial charge on any atom is -0.494 e. The molecule has 1 heterocycles. The number of benzene rings is 2. The van der Waals surface area contributed by atoms with Gasteiger partial charge in [0.2, 0.25) is 0 Å². The normalized spacial score (nSPS) is 16.1. The SMILES string of the molecule is CC(C)OC(=O)C1=C(C(C)C)NC(=O)NC1c1ccc(OCCCc2ccccc2)cc1. The fourth-order valence-electron chi connectivity index (χ4n) is 3.66. The predicted octanol–water partition coefficient (Wildman–Crippen LogP) is 4.91. The number of ether oxygens (including phenoxy) is 2. The van der Waals surface area contributed by atoms with Gasteiger partial charge in [0.25, 0.3) is 0 Å². The van der Waals surface area contributed by atoms with Crippen molar-refractivity contribution in [3.8, 4) is 5.75 Å². The summed E-state index contributed by atoms with van der Waals surface area (Å²) in [6.07, 6.45) is 1.62. The van der Waals surface area contributed by atoms with E-state index in [-0.39, 0.29) is 18.1 Å². The van der Waals surface area contributed by atoms with Gasteiger partial charge in [0, 0.05) is 5.70 Å². The lowest BCUT2D eigenvalue weighted by Crippen LogP contribution is -2.47. The van der Waals surface area contributed by atoms with Gasteiger partial charge in [0.15, 0.2) is 0 Å². The zero-order valence-electron chi connectivity index (χ0n) is 19.2. The minimum atomic E-state index is -0.584. The van der Waals surface area contributed by atoms with Gasteiger partial charge in [0.1, 0.15) is 5.75 Å². The lowest BCUT2D eigenvalue weighted by Gasteiger charge is -2.31. The van der Waals surface area contributed by atoms with E-state index in [9.17, 15) is 9.59 Å². The minimum absolute atomic E-state index is 0.0366. The Morgan fingerprint density at radius 2 is 1.69 bits per heavy atom. The molecule has 2 aromatic rings. The molecule has 1 atom stereocenters. The van der Waals surface area contributed by atoms with Crippen molar-refractivity contribution < 1.29 is 19.1 Å². The molecule has 32 heavy (non-hydrogen) atoms. The lowest BCUT2D eigenvalue weighted by molar-refractivity contribution is -0.143. The topological polar surface area (TPSA) is 76.7 Å². The number of allylic oxidation sites excluding steroid dienone is 1. The molecule has 0 radical (unpaired) electrons. The number of aryl methyl sites for hydroxylation is 1. The highest BCUT2D eigenvalue weighted by atomic mass is 16.5. The van der Waals surface area contributed by atoms with Crippen LogP contribution in [0.5, 0.6) is 5.75 Å². The maximum atomic E-state index is 12.9. The van der Waals surface area contributed by atoms with E-state index in [1.807, 2.05) is 56.3 Å². The highest BCUT2D eigenvalue weighted by Crippen LogP contribution is 2.31. The monoisotopic (exact) mass is 436 g/mol. The number of nitrogens with one attached hydrogen (secondary N) is 2. The molecule has 0 aliphatic carbocycles. The Labute approximate surface area is 190 Å². The van der Waals surface area contributed by atoms with Crippen molar-refractivity contribution in [2.75, 3.05) is 6.61 Å². The quantitative estimate of drug-likeness (QED) is 0.432. The van der Waals surface area contributed by atoms with Crippen molar-refractivity contribution in [2.45, 2.75) is 52.7 Å². The molecule has 0 fully saturated rings. The molecule has 1 unspecified atom stereocenters. The van der Waals surface area contributed by atoms with E-state index in [1.54, 1.807) is 13.8 Å². The zero-order chi connectivity index (χ0) is 23.1. The Bertz CT molecular complexity index is 950. The van der Waals surface area contributed by atoms with E-state index < -0.39 is 12.0 Å². The number of amides is 2. The van der Waals surface area contributed by atoms with Gasteiger partial charge < -0.3 is 20.1 Å². The molecule has 2 N–H and O–H groups in total. The van der Waals surface area contributed by atoms with Crippen LogP contribution in [-0.4, -0.2) is 24.7 Å². The van der Waals surface area contributed by atoms with Crippen LogP contribution in [0.4, 0.5) is 4.79 Å². The summed E-state index contributed by atoms with van der Waals surface area (Å²) in [6.45, 7) is 8.10. The van der Waals surface area contributed by atoms with Gasteiger partial charge in [-0.1, -0.05) is 56.3 Å². The Morgan fingerprint density at radius 3 is 2.31 bits per heavy atom. The molecular formula is C26H32N2O4. The summed E-state index contributed by atoms with van der Waals surface area (Å²) in [5, 5.41) is 5.65. The summed E-state index contributed by atoms with van der Waals surface area (Å²) in [4.78, 5) is 25.2. The first-order valence-corrected chi connectivity index (χ1v) is 11.1. The van der Waals surface area contributed by atoms with Crippen molar-refractivity contribution in [2.24, 2.45) is 5.92 Å². The van der Waals surface area contributed by atoms with Gasteiger partial charge in [-0.3, -0.25) is 0 Å². The van der Waals surface area contributed by atoms with Crippen molar-refractivity contribution in [1.82, 2.24) is 10.6 Å². The van der Waals surface area contributed by atoms with Gasteiger partial charge in [-0.25, -0.2) is 9.59 Å². The van der Waals surface area contributed by atoms with E-state index in [4.69, 9.17) is 9.47 Å². The van der Waals surface area contributed by atoms with Crippen LogP contribution in [0.15, 0.2) is 65.9 Å². The van der Waals surface area contributed by atoms with Crippen molar-refractivity contribution in [1.29, 1.82) is 0 Å². The van der Waals surface area contributed by atoms with E-state index in [2.05, 4.69) is 22.8 Å². The maximum absolute atomic E-state index is 12.9. The molecule has 6 heteroatoms. The second-order valence-corrected chi connectivity index (χ2v) is 8.47. The first kappa shape index (κ1) is 23.4. The molecule has 0 saturated carbocycles. The van der Waals surface area contributed by atoms with Crippen LogP contribution < -0.4 is 15.4 Å². The lowest BCUT2D eigenvalue weighted by atomic mass is 9.91. The molecule has 0 aromatic heterocycles. The van der Waals surface area contributed by atoms with Crippen molar-refractivity contribution in [3.05, 3.63) is 77.0 Å². The third-order valence-corrected chi connectivity index (χ3v) is 5.18. The van der Waals surface area contributed by atoms with Gasteiger partial charge >= 0.3 is 12.0 Å². The molecule has 6 nitrogen and oxygen atoms in total.